The van der Waals surface area contributed by atoms with Gasteiger partial charge in [0, 0.05) is 18.5 Å². The smallest absolute Gasteiger partial charge is 0.0972 e. The van der Waals surface area contributed by atoms with E-state index in [2.05, 4.69) is 19.2 Å². The van der Waals surface area contributed by atoms with Crippen molar-refractivity contribution in [3.05, 3.63) is 0 Å². The van der Waals surface area contributed by atoms with E-state index in [1.807, 2.05) is 0 Å². The molecule has 1 heterocycles. The number of hydrogen-bond donors (Lipinski definition) is 3. The van der Waals surface area contributed by atoms with E-state index in [1.54, 1.807) is 0 Å². The maximum Gasteiger partial charge on any atom is 0.0972 e. The fourth-order valence-electron chi connectivity index (χ4n) is 3.66. The van der Waals surface area contributed by atoms with Crippen molar-refractivity contribution in [3.8, 4) is 0 Å². The second-order valence-electron chi connectivity index (χ2n) is 5.93. The minimum atomic E-state index is -0.662. The normalized spacial score (nSPS) is 44.8. The lowest BCUT2D eigenvalue weighted by Gasteiger charge is -2.56. The largest absolute Gasteiger partial charge is 0.396 e. The molecule has 0 aromatic carbocycles. The fourth-order valence-corrected chi connectivity index (χ4v) is 3.66. The van der Waals surface area contributed by atoms with E-state index in [4.69, 9.17) is 0 Å². The van der Waals surface area contributed by atoms with E-state index >= 15 is 0 Å². The second-order valence-corrected chi connectivity index (χ2v) is 5.93. The summed E-state index contributed by atoms with van der Waals surface area (Å²) in [6, 6.07) is 0. The Kier molecular flexibility index (Phi) is 2.82. The SMILES string of the molecule is CC1CC(C)CC(CO)(C2(O)CNC2)C1. The number of hydrogen-bond acceptors (Lipinski definition) is 3. The molecule has 1 saturated heterocycles. The van der Waals surface area contributed by atoms with Crippen molar-refractivity contribution >= 4 is 0 Å². The first-order valence-electron chi connectivity index (χ1n) is 6.05. The van der Waals surface area contributed by atoms with Gasteiger partial charge < -0.3 is 15.5 Å². The number of aliphatic hydroxyl groups is 2. The van der Waals surface area contributed by atoms with Crippen LogP contribution in [0.2, 0.25) is 0 Å². The molecule has 2 unspecified atom stereocenters. The highest BCUT2D eigenvalue weighted by Crippen LogP contribution is 2.49. The molecule has 3 N–H and O–H groups in total. The Bertz CT molecular complexity index is 228. The minimum absolute atomic E-state index is 0.125. The van der Waals surface area contributed by atoms with Gasteiger partial charge in [-0.15, -0.1) is 0 Å². The quantitative estimate of drug-likeness (QED) is 0.634. The molecular weight excluding hydrogens is 190 g/mol. The Balaban J connectivity index is 2.19. The van der Waals surface area contributed by atoms with Gasteiger partial charge in [0.1, 0.15) is 0 Å². The molecule has 1 aliphatic carbocycles. The first kappa shape index (κ1) is 11.4. The average molecular weight is 213 g/mol. The zero-order valence-corrected chi connectivity index (χ0v) is 9.79. The zero-order chi connectivity index (χ0) is 11.1. The Morgan fingerprint density at radius 3 is 2.07 bits per heavy atom. The third-order valence-electron chi connectivity index (χ3n) is 4.41. The van der Waals surface area contributed by atoms with E-state index in [0.717, 1.165) is 12.8 Å². The van der Waals surface area contributed by atoms with Crippen molar-refractivity contribution < 1.29 is 10.2 Å². The van der Waals surface area contributed by atoms with Crippen LogP contribution in [0.3, 0.4) is 0 Å². The molecule has 1 saturated carbocycles. The highest BCUT2D eigenvalue weighted by atomic mass is 16.3. The summed E-state index contributed by atoms with van der Waals surface area (Å²) in [5.74, 6) is 1.23. The molecule has 0 amide bonds. The predicted molar refractivity (Wildman–Crippen MR) is 59.5 cm³/mol. The summed E-state index contributed by atoms with van der Waals surface area (Å²) >= 11 is 0. The van der Waals surface area contributed by atoms with Gasteiger partial charge in [-0.1, -0.05) is 13.8 Å². The van der Waals surface area contributed by atoms with Gasteiger partial charge in [-0.25, -0.2) is 0 Å². The molecule has 3 heteroatoms. The van der Waals surface area contributed by atoms with E-state index in [1.165, 1.54) is 6.42 Å². The summed E-state index contributed by atoms with van der Waals surface area (Å²) in [5, 5.41) is 23.3. The molecule has 0 aromatic heterocycles. The van der Waals surface area contributed by atoms with Gasteiger partial charge in [-0.3, -0.25) is 0 Å². The molecular formula is C12H23NO2. The summed E-state index contributed by atoms with van der Waals surface area (Å²) in [4.78, 5) is 0. The molecule has 0 radical (unpaired) electrons. The van der Waals surface area contributed by atoms with Crippen molar-refractivity contribution in [1.29, 1.82) is 0 Å². The van der Waals surface area contributed by atoms with Gasteiger partial charge in [0.05, 0.1) is 12.2 Å². The maximum atomic E-state index is 10.5. The molecule has 1 aliphatic heterocycles. The van der Waals surface area contributed by atoms with Crippen LogP contribution in [0.25, 0.3) is 0 Å². The molecule has 0 aromatic rings. The van der Waals surface area contributed by atoms with Crippen LogP contribution in [0.1, 0.15) is 33.1 Å². The molecule has 3 nitrogen and oxygen atoms in total. The highest BCUT2D eigenvalue weighted by molar-refractivity contribution is 5.09. The number of aliphatic hydroxyl groups excluding tert-OH is 1. The summed E-state index contributed by atoms with van der Waals surface area (Å²) in [7, 11) is 0. The molecule has 88 valence electrons. The van der Waals surface area contributed by atoms with Crippen LogP contribution in [0.4, 0.5) is 0 Å². The Labute approximate surface area is 91.9 Å². The highest BCUT2D eigenvalue weighted by Gasteiger charge is 2.55. The van der Waals surface area contributed by atoms with Crippen LogP contribution in [-0.4, -0.2) is 35.5 Å². The van der Waals surface area contributed by atoms with Crippen molar-refractivity contribution in [3.63, 3.8) is 0 Å². The van der Waals surface area contributed by atoms with Gasteiger partial charge in [0.2, 0.25) is 0 Å². The second kappa shape index (κ2) is 3.72. The first-order chi connectivity index (χ1) is 7.01. The topological polar surface area (TPSA) is 52.5 Å². The van der Waals surface area contributed by atoms with Crippen LogP contribution in [0, 0.1) is 17.3 Å². The standard InChI is InChI=1S/C12H23NO2/c1-9-3-10(2)5-11(4-9,8-14)12(15)6-13-7-12/h9-10,13-15H,3-8H2,1-2H3. The van der Waals surface area contributed by atoms with E-state index in [-0.39, 0.29) is 12.0 Å². The van der Waals surface area contributed by atoms with Crippen LogP contribution in [-0.2, 0) is 0 Å². The van der Waals surface area contributed by atoms with Crippen molar-refractivity contribution in [2.24, 2.45) is 17.3 Å². The zero-order valence-electron chi connectivity index (χ0n) is 9.79. The fraction of sp³-hybridized carbons (Fsp3) is 1.00. The van der Waals surface area contributed by atoms with Crippen LogP contribution in [0.15, 0.2) is 0 Å². The summed E-state index contributed by atoms with van der Waals surface area (Å²) in [5.41, 5.74) is -0.917. The summed E-state index contributed by atoms with van der Waals surface area (Å²) in [6.07, 6.45) is 3.16. The molecule has 15 heavy (non-hydrogen) atoms. The average Bonchev–Trinajstić information content (AvgIpc) is 2.12. The number of rotatable bonds is 2. The van der Waals surface area contributed by atoms with Crippen LogP contribution < -0.4 is 5.32 Å². The lowest BCUT2D eigenvalue weighted by atomic mass is 9.57. The third-order valence-corrected chi connectivity index (χ3v) is 4.41. The van der Waals surface area contributed by atoms with Gasteiger partial charge in [-0.05, 0) is 31.1 Å². The third kappa shape index (κ3) is 1.71. The molecule has 0 bridgehead atoms. The molecule has 2 fully saturated rings. The Morgan fingerprint density at radius 2 is 1.73 bits per heavy atom. The molecule has 2 rings (SSSR count). The maximum absolute atomic E-state index is 10.5. The predicted octanol–water partition coefficient (Wildman–Crippen LogP) is 0.755. The van der Waals surface area contributed by atoms with Gasteiger partial charge >= 0.3 is 0 Å². The van der Waals surface area contributed by atoms with Crippen molar-refractivity contribution in [2.45, 2.75) is 38.7 Å². The summed E-state index contributed by atoms with van der Waals surface area (Å²) in [6.45, 7) is 5.88. The van der Waals surface area contributed by atoms with Gasteiger partial charge in [0.25, 0.3) is 0 Å². The van der Waals surface area contributed by atoms with E-state index < -0.39 is 5.60 Å². The lowest BCUT2D eigenvalue weighted by molar-refractivity contribution is -0.168. The van der Waals surface area contributed by atoms with Gasteiger partial charge in [-0.2, -0.15) is 0 Å². The Hall–Kier alpha value is -0.120. The number of nitrogens with one attached hydrogen (secondary N) is 1. The molecule has 2 atom stereocenters. The molecule has 2 aliphatic rings. The Morgan fingerprint density at radius 1 is 1.20 bits per heavy atom. The van der Waals surface area contributed by atoms with Crippen molar-refractivity contribution in [1.82, 2.24) is 5.32 Å². The van der Waals surface area contributed by atoms with E-state index in [0.29, 0.717) is 24.9 Å². The first-order valence-corrected chi connectivity index (χ1v) is 6.05. The minimum Gasteiger partial charge on any atom is -0.396 e. The van der Waals surface area contributed by atoms with Crippen molar-refractivity contribution in [2.75, 3.05) is 19.7 Å². The van der Waals surface area contributed by atoms with E-state index in [9.17, 15) is 10.2 Å². The lowest BCUT2D eigenvalue weighted by Crippen LogP contribution is -2.70. The monoisotopic (exact) mass is 213 g/mol. The summed E-state index contributed by atoms with van der Waals surface area (Å²) < 4.78 is 0. The van der Waals surface area contributed by atoms with Gasteiger partial charge in [0.15, 0.2) is 0 Å². The molecule has 0 spiro atoms. The van der Waals surface area contributed by atoms with Crippen LogP contribution in [0.5, 0.6) is 0 Å². The van der Waals surface area contributed by atoms with Crippen LogP contribution >= 0.6 is 0 Å². The number of β-amino-alcohol motifs (C(OH)–C–C–N with tert-alkyl or cyclic N) is 1.